The molecule has 4 nitrogen and oxygen atoms in total. The minimum Gasteiger partial charge on any atom is -0.493 e. The molecule has 1 N–H and O–H groups in total. The lowest BCUT2D eigenvalue weighted by Crippen LogP contribution is -2.14. The van der Waals surface area contributed by atoms with Crippen LogP contribution in [-0.4, -0.2) is 19.6 Å². The second kappa shape index (κ2) is 8.77. The van der Waals surface area contributed by atoms with E-state index in [0.29, 0.717) is 28.7 Å². The van der Waals surface area contributed by atoms with Gasteiger partial charge in [-0.25, -0.2) is 0 Å². The maximum atomic E-state index is 12.6. The van der Waals surface area contributed by atoms with Gasteiger partial charge in [-0.15, -0.1) is 0 Å². The normalized spacial score (nSPS) is 10.4. The Morgan fingerprint density at radius 3 is 2.48 bits per heavy atom. The summed E-state index contributed by atoms with van der Waals surface area (Å²) in [5.41, 5.74) is 3.25. The summed E-state index contributed by atoms with van der Waals surface area (Å²) in [6.07, 6.45) is 1.95. The molecule has 2 rings (SSSR count). The van der Waals surface area contributed by atoms with E-state index in [1.807, 2.05) is 32.0 Å². The summed E-state index contributed by atoms with van der Waals surface area (Å²) >= 11 is 6.32. The lowest BCUT2D eigenvalue weighted by atomic mass is 10.1. The van der Waals surface area contributed by atoms with E-state index in [9.17, 15) is 4.79 Å². The molecule has 5 heteroatoms. The molecular formula is C20H24ClNO3. The molecule has 0 aliphatic heterocycles. The molecule has 2 aromatic carbocycles. The number of methoxy groups -OCH3 is 1. The molecule has 0 unspecified atom stereocenters. The zero-order valence-electron chi connectivity index (χ0n) is 15.1. The Kier molecular flexibility index (Phi) is 6.71. The molecule has 0 spiro atoms. The maximum Gasteiger partial charge on any atom is 0.255 e. The first kappa shape index (κ1) is 19.1. The zero-order valence-corrected chi connectivity index (χ0v) is 15.9. The topological polar surface area (TPSA) is 47.6 Å². The number of rotatable bonds is 7. The average molecular weight is 362 g/mol. The number of halogens is 1. The molecule has 0 fully saturated rings. The van der Waals surface area contributed by atoms with Crippen molar-refractivity contribution in [3.63, 3.8) is 0 Å². The zero-order chi connectivity index (χ0) is 18.4. The molecule has 0 aliphatic carbocycles. The predicted octanol–water partition coefficient (Wildman–Crippen LogP) is 5.40. The summed E-state index contributed by atoms with van der Waals surface area (Å²) in [5.74, 6) is 0.689. The molecule has 0 bridgehead atoms. The molecule has 0 heterocycles. The van der Waals surface area contributed by atoms with Crippen molar-refractivity contribution in [2.75, 3.05) is 19.0 Å². The minimum atomic E-state index is -0.238. The van der Waals surface area contributed by atoms with Gasteiger partial charge in [-0.05, 0) is 43.5 Å². The summed E-state index contributed by atoms with van der Waals surface area (Å²) in [5, 5.41) is 3.31. The van der Waals surface area contributed by atoms with Crippen LogP contribution in [-0.2, 0) is 0 Å². The number of nitrogens with one attached hydrogen (secondary N) is 1. The van der Waals surface area contributed by atoms with Gasteiger partial charge in [0.15, 0.2) is 11.5 Å². The van der Waals surface area contributed by atoms with Gasteiger partial charge in [-0.3, -0.25) is 4.79 Å². The molecule has 0 aliphatic rings. The van der Waals surface area contributed by atoms with Crippen LogP contribution in [0.25, 0.3) is 0 Å². The van der Waals surface area contributed by atoms with Crippen molar-refractivity contribution < 1.29 is 14.3 Å². The van der Waals surface area contributed by atoms with Crippen molar-refractivity contribution in [1.82, 2.24) is 0 Å². The van der Waals surface area contributed by atoms with Crippen LogP contribution in [0.4, 0.5) is 5.69 Å². The van der Waals surface area contributed by atoms with Crippen molar-refractivity contribution in [3.05, 3.63) is 52.0 Å². The van der Waals surface area contributed by atoms with Crippen LogP contribution in [0.3, 0.4) is 0 Å². The highest BCUT2D eigenvalue weighted by atomic mass is 35.5. The van der Waals surface area contributed by atoms with E-state index in [4.69, 9.17) is 21.1 Å². The van der Waals surface area contributed by atoms with Crippen LogP contribution < -0.4 is 14.8 Å². The van der Waals surface area contributed by atoms with Gasteiger partial charge in [0.1, 0.15) is 0 Å². The highest BCUT2D eigenvalue weighted by Gasteiger charge is 2.17. The van der Waals surface area contributed by atoms with Gasteiger partial charge in [0, 0.05) is 11.3 Å². The number of aryl methyl sites for hydroxylation is 2. The monoisotopic (exact) mass is 361 g/mol. The first-order chi connectivity index (χ1) is 12.0. The Morgan fingerprint density at radius 1 is 1.20 bits per heavy atom. The Balaban J connectivity index is 2.27. The molecule has 134 valence electrons. The number of hydrogen-bond donors (Lipinski definition) is 1. The van der Waals surface area contributed by atoms with Gasteiger partial charge in [-0.2, -0.15) is 0 Å². The van der Waals surface area contributed by atoms with E-state index in [-0.39, 0.29) is 5.91 Å². The predicted molar refractivity (Wildman–Crippen MR) is 102 cm³/mol. The first-order valence-corrected chi connectivity index (χ1v) is 8.73. The summed E-state index contributed by atoms with van der Waals surface area (Å²) in [4.78, 5) is 12.6. The van der Waals surface area contributed by atoms with Crippen LogP contribution in [0.2, 0.25) is 5.02 Å². The quantitative estimate of drug-likeness (QED) is 0.672. The van der Waals surface area contributed by atoms with Gasteiger partial charge in [0.05, 0.1) is 18.7 Å². The van der Waals surface area contributed by atoms with Gasteiger partial charge >= 0.3 is 0 Å². The molecule has 1 amide bonds. The van der Waals surface area contributed by atoms with Crippen molar-refractivity contribution in [2.45, 2.75) is 33.6 Å². The lowest BCUT2D eigenvalue weighted by Gasteiger charge is -2.15. The smallest absolute Gasteiger partial charge is 0.255 e. The third kappa shape index (κ3) is 4.67. The van der Waals surface area contributed by atoms with Gasteiger partial charge < -0.3 is 14.8 Å². The van der Waals surface area contributed by atoms with Crippen LogP contribution in [0.15, 0.2) is 30.3 Å². The van der Waals surface area contributed by atoms with E-state index in [0.717, 1.165) is 29.7 Å². The largest absolute Gasteiger partial charge is 0.493 e. The fourth-order valence-corrected chi connectivity index (χ4v) is 2.77. The van der Waals surface area contributed by atoms with Crippen LogP contribution >= 0.6 is 11.6 Å². The maximum absolute atomic E-state index is 12.6. The molecule has 0 saturated heterocycles. The third-order valence-electron chi connectivity index (χ3n) is 3.96. The van der Waals surface area contributed by atoms with Crippen molar-refractivity contribution in [2.24, 2.45) is 0 Å². The standard InChI is InChI=1S/C20H24ClNO3/c1-5-6-10-25-19-16(21)11-15(12-17(19)24-4)20(23)22-18-13(2)8-7-9-14(18)3/h7-9,11-12H,5-6,10H2,1-4H3,(H,22,23). The van der Waals surface area contributed by atoms with E-state index >= 15 is 0 Å². The highest BCUT2D eigenvalue weighted by Crippen LogP contribution is 2.37. The number of anilines is 1. The van der Waals surface area contributed by atoms with E-state index < -0.39 is 0 Å². The molecule has 2 aromatic rings. The number of ether oxygens (including phenoxy) is 2. The number of unbranched alkanes of at least 4 members (excludes halogenated alkanes) is 1. The molecular weight excluding hydrogens is 338 g/mol. The van der Waals surface area contributed by atoms with Crippen LogP contribution in [0.1, 0.15) is 41.3 Å². The Bertz CT molecular complexity index is 739. The van der Waals surface area contributed by atoms with Crippen molar-refractivity contribution in [1.29, 1.82) is 0 Å². The Labute approximate surface area is 154 Å². The molecule has 0 aromatic heterocycles. The molecule has 0 atom stereocenters. The Hall–Kier alpha value is -2.20. The van der Waals surface area contributed by atoms with Gasteiger partial charge in [0.25, 0.3) is 5.91 Å². The number of benzene rings is 2. The summed E-state index contributed by atoms with van der Waals surface area (Å²) < 4.78 is 11.1. The number of amides is 1. The number of carbonyl (C=O) groups is 1. The fourth-order valence-electron chi connectivity index (χ4n) is 2.51. The lowest BCUT2D eigenvalue weighted by molar-refractivity contribution is 0.102. The van der Waals surface area contributed by atoms with E-state index in [1.165, 1.54) is 7.11 Å². The van der Waals surface area contributed by atoms with E-state index in [1.54, 1.807) is 12.1 Å². The second-order valence-electron chi connectivity index (χ2n) is 5.91. The van der Waals surface area contributed by atoms with E-state index in [2.05, 4.69) is 12.2 Å². The average Bonchev–Trinajstić information content (AvgIpc) is 2.59. The third-order valence-corrected chi connectivity index (χ3v) is 4.24. The second-order valence-corrected chi connectivity index (χ2v) is 6.32. The van der Waals surface area contributed by atoms with Crippen LogP contribution in [0.5, 0.6) is 11.5 Å². The van der Waals surface area contributed by atoms with Gasteiger partial charge in [-0.1, -0.05) is 43.1 Å². The SMILES string of the molecule is CCCCOc1c(Cl)cc(C(=O)Nc2c(C)cccc2C)cc1OC. The first-order valence-electron chi connectivity index (χ1n) is 8.35. The fraction of sp³-hybridized carbons (Fsp3) is 0.350. The summed E-state index contributed by atoms with van der Waals surface area (Å²) in [7, 11) is 1.53. The molecule has 0 saturated carbocycles. The van der Waals surface area contributed by atoms with Crippen LogP contribution in [0, 0.1) is 13.8 Å². The van der Waals surface area contributed by atoms with Gasteiger partial charge in [0.2, 0.25) is 0 Å². The van der Waals surface area contributed by atoms with Crippen molar-refractivity contribution >= 4 is 23.2 Å². The number of para-hydroxylation sites is 1. The summed E-state index contributed by atoms with van der Waals surface area (Å²) in [6.45, 7) is 6.56. The number of hydrogen-bond acceptors (Lipinski definition) is 3. The molecule has 25 heavy (non-hydrogen) atoms. The Morgan fingerprint density at radius 2 is 1.88 bits per heavy atom. The van der Waals surface area contributed by atoms with Crippen molar-refractivity contribution in [3.8, 4) is 11.5 Å². The number of carbonyl (C=O) groups excluding carboxylic acids is 1. The summed E-state index contributed by atoms with van der Waals surface area (Å²) in [6, 6.07) is 9.13. The molecule has 0 radical (unpaired) electrons. The minimum absolute atomic E-state index is 0.238. The highest BCUT2D eigenvalue weighted by molar-refractivity contribution is 6.32.